The summed E-state index contributed by atoms with van der Waals surface area (Å²) in [7, 11) is 0. The van der Waals surface area contributed by atoms with E-state index in [0.29, 0.717) is 5.92 Å². The molecule has 100 valence electrons. The quantitative estimate of drug-likeness (QED) is 0.593. The molecule has 0 spiro atoms. The molecule has 0 saturated heterocycles. The van der Waals surface area contributed by atoms with Crippen molar-refractivity contribution in [1.82, 2.24) is 0 Å². The Bertz CT molecular complexity index is 370. The van der Waals surface area contributed by atoms with Gasteiger partial charge in [0.25, 0.3) is 0 Å². The Morgan fingerprint density at radius 3 is 2.11 bits per heavy atom. The van der Waals surface area contributed by atoms with Crippen molar-refractivity contribution >= 4 is 0 Å². The van der Waals surface area contributed by atoms with Crippen molar-refractivity contribution in [1.29, 1.82) is 0 Å². The zero-order valence-electron chi connectivity index (χ0n) is 12.6. The summed E-state index contributed by atoms with van der Waals surface area (Å²) >= 11 is 0. The maximum Gasteiger partial charge on any atom is 0.123 e. The Kier molecular flexibility index (Phi) is 3.21. The van der Waals surface area contributed by atoms with Crippen molar-refractivity contribution in [3.63, 3.8) is 0 Å². The van der Waals surface area contributed by atoms with Crippen LogP contribution in [0.4, 0.5) is 0 Å². The Labute approximate surface area is 112 Å². The first-order valence-corrected chi connectivity index (χ1v) is 6.95. The highest BCUT2D eigenvalue weighted by atomic mass is 16.5. The summed E-state index contributed by atoms with van der Waals surface area (Å²) in [5.41, 5.74) is 1.75. The third-order valence-corrected chi connectivity index (χ3v) is 3.75. The van der Waals surface area contributed by atoms with Crippen molar-refractivity contribution in [3.05, 3.63) is 35.6 Å². The Balaban J connectivity index is 2.43. The molecular formula is C17H26O. The normalized spacial score (nSPS) is 28.1. The minimum absolute atomic E-state index is 0.0859. The van der Waals surface area contributed by atoms with Gasteiger partial charge >= 0.3 is 0 Å². The fraction of sp³-hybridized carbons (Fsp3) is 0.647. The number of hydrogen-bond donors (Lipinski definition) is 0. The molecule has 2 aliphatic rings. The van der Waals surface area contributed by atoms with Crippen LogP contribution >= 0.6 is 0 Å². The van der Waals surface area contributed by atoms with Gasteiger partial charge in [-0.15, -0.1) is 0 Å². The largest absolute Gasteiger partial charge is 0.490 e. The molecule has 1 nitrogen and oxygen atoms in total. The first-order chi connectivity index (χ1) is 8.19. The molecule has 1 heteroatoms. The van der Waals surface area contributed by atoms with Gasteiger partial charge in [-0.25, -0.2) is 0 Å². The standard InChI is InChI=1S/C17H26O/c1-16(2,3)13-11-12-9-7-8-10-14(12)18-15(13)17(4,5)6/h7-10,12,14H,11H2,1-6H3. The molecule has 0 fully saturated rings. The Hall–Kier alpha value is -0.980. The second kappa shape index (κ2) is 4.29. The summed E-state index contributed by atoms with van der Waals surface area (Å²) in [6.07, 6.45) is 10.1. The van der Waals surface area contributed by atoms with Crippen LogP contribution in [0.2, 0.25) is 0 Å². The molecular weight excluding hydrogens is 220 g/mol. The summed E-state index contributed by atoms with van der Waals surface area (Å²) < 4.78 is 6.34. The number of rotatable bonds is 0. The molecule has 0 aromatic heterocycles. The molecule has 2 unspecified atom stereocenters. The molecule has 0 amide bonds. The van der Waals surface area contributed by atoms with Gasteiger partial charge in [-0.05, 0) is 23.5 Å². The van der Waals surface area contributed by atoms with Gasteiger partial charge in [0, 0.05) is 11.3 Å². The van der Waals surface area contributed by atoms with Crippen molar-refractivity contribution in [2.24, 2.45) is 16.7 Å². The molecule has 2 atom stereocenters. The van der Waals surface area contributed by atoms with E-state index in [9.17, 15) is 0 Å². The fourth-order valence-corrected chi connectivity index (χ4v) is 2.76. The maximum atomic E-state index is 6.34. The zero-order chi connectivity index (χ0) is 13.6. The fourth-order valence-electron chi connectivity index (χ4n) is 2.76. The highest BCUT2D eigenvalue weighted by Crippen LogP contribution is 2.46. The molecule has 1 aliphatic carbocycles. The van der Waals surface area contributed by atoms with Gasteiger partial charge in [0.05, 0.1) is 0 Å². The van der Waals surface area contributed by atoms with E-state index in [2.05, 4.69) is 65.8 Å². The van der Waals surface area contributed by atoms with Gasteiger partial charge < -0.3 is 4.74 Å². The maximum absolute atomic E-state index is 6.34. The molecule has 0 N–H and O–H groups in total. The van der Waals surface area contributed by atoms with Crippen LogP contribution in [0, 0.1) is 16.7 Å². The van der Waals surface area contributed by atoms with Gasteiger partial charge in [0.15, 0.2) is 0 Å². The third-order valence-electron chi connectivity index (χ3n) is 3.75. The van der Waals surface area contributed by atoms with Gasteiger partial charge in [-0.1, -0.05) is 59.8 Å². The second-order valence-corrected chi connectivity index (χ2v) is 7.53. The third kappa shape index (κ3) is 2.55. The molecule has 18 heavy (non-hydrogen) atoms. The van der Waals surface area contributed by atoms with Crippen molar-refractivity contribution in [2.75, 3.05) is 0 Å². The molecule has 0 saturated carbocycles. The average Bonchev–Trinajstić information content (AvgIpc) is 2.25. The lowest BCUT2D eigenvalue weighted by atomic mass is 9.73. The van der Waals surface area contributed by atoms with E-state index >= 15 is 0 Å². The number of ether oxygens (including phenoxy) is 1. The van der Waals surface area contributed by atoms with Crippen LogP contribution in [0.5, 0.6) is 0 Å². The molecule has 1 aliphatic heterocycles. The van der Waals surface area contributed by atoms with E-state index in [1.54, 1.807) is 0 Å². The van der Waals surface area contributed by atoms with Crippen molar-refractivity contribution in [3.8, 4) is 0 Å². The van der Waals surface area contributed by atoms with E-state index in [0.717, 1.165) is 6.42 Å². The topological polar surface area (TPSA) is 9.23 Å². The Morgan fingerprint density at radius 1 is 0.944 bits per heavy atom. The van der Waals surface area contributed by atoms with Gasteiger partial charge in [-0.2, -0.15) is 0 Å². The summed E-state index contributed by atoms with van der Waals surface area (Å²) in [5, 5.41) is 0. The van der Waals surface area contributed by atoms with E-state index in [1.165, 1.54) is 11.3 Å². The second-order valence-electron chi connectivity index (χ2n) is 7.53. The summed E-state index contributed by atoms with van der Waals surface area (Å²) in [6.45, 7) is 13.6. The Morgan fingerprint density at radius 2 is 1.56 bits per heavy atom. The number of hydrogen-bond acceptors (Lipinski definition) is 1. The predicted octanol–water partition coefficient (Wildman–Crippen LogP) is 4.86. The van der Waals surface area contributed by atoms with Crippen LogP contribution in [-0.2, 0) is 4.74 Å². The molecule has 1 heterocycles. The molecule has 0 radical (unpaired) electrons. The molecule has 0 bridgehead atoms. The zero-order valence-corrected chi connectivity index (χ0v) is 12.6. The van der Waals surface area contributed by atoms with E-state index in [1.807, 2.05) is 0 Å². The first kappa shape index (κ1) is 13.5. The minimum atomic E-state index is 0.0859. The monoisotopic (exact) mass is 246 g/mol. The minimum Gasteiger partial charge on any atom is -0.490 e. The van der Waals surface area contributed by atoms with Gasteiger partial charge in [0.2, 0.25) is 0 Å². The van der Waals surface area contributed by atoms with E-state index in [-0.39, 0.29) is 16.9 Å². The van der Waals surface area contributed by atoms with Crippen LogP contribution in [0.3, 0.4) is 0 Å². The summed E-state index contributed by atoms with van der Waals surface area (Å²) in [6, 6.07) is 0. The van der Waals surface area contributed by atoms with E-state index in [4.69, 9.17) is 4.74 Å². The van der Waals surface area contributed by atoms with Crippen LogP contribution in [0.25, 0.3) is 0 Å². The van der Waals surface area contributed by atoms with Crippen LogP contribution in [-0.4, -0.2) is 6.10 Å². The lowest BCUT2D eigenvalue weighted by molar-refractivity contribution is 0.0499. The summed E-state index contributed by atoms with van der Waals surface area (Å²) in [4.78, 5) is 0. The predicted molar refractivity (Wildman–Crippen MR) is 77.2 cm³/mol. The molecule has 0 aromatic rings. The van der Waals surface area contributed by atoms with Crippen LogP contribution in [0.15, 0.2) is 35.6 Å². The number of fused-ring (bicyclic) bond motifs is 1. The van der Waals surface area contributed by atoms with Crippen LogP contribution in [0.1, 0.15) is 48.0 Å². The highest BCUT2D eigenvalue weighted by molar-refractivity contribution is 5.29. The molecule has 0 aromatic carbocycles. The van der Waals surface area contributed by atoms with Crippen molar-refractivity contribution < 1.29 is 4.74 Å². The van der Waals surface area contributed by atoms with Gasteiger partial charge in [-0.3, -0.25) is 0 Å². The van der Waals surface area contributed by atoms with Crippen molar-refractivity contribution in [2.45, 2.75) is 54.1 Å². The summed E-state index contributed by atoms with van der Waals surface area (Å²) in [5.74, 6) is 1.71. The highest BCUT2D eigenvalue weighted by Gasteiger charge is 2.38. The van der Waals surface area contributed by atoms with Gasteiger partial charge in [0.1, 0.15) is 11.9 Å². The smallest absolute Gasteiger partial charge is 0.123 e. The van der Waals surface area contributed by atoms with Crippen LogP contribution < -0.4 is 0 Å². The first-order valence-electron chi connectivity index (χ1n) is 6.95. The molecule has 2 rings (SSSR count). The lowest BCUT2D eigenvalue weighted by Gasteiger charge is -2.42. The number of allylic oxidation sites excluding steroid dienone is 4. The lowest BCUT2D eigenvalue weighted by Crippen LogP contribution is -2.35. The average molecular weight is 246 g/mol. The van der Waals surface area contributed by atoms with E-state index < -0.39 is 0 Å². The SMILES string of the molecule is CC(C)(C)C1=C(C(C)(C)C)OC2C=CC=CC2C1.